The Labute approximate surface area is 365 Å². The minimum atomic E-state index is 0.869. The molecule has 0 aliphatic carbocycles. The fraction of sp³-hybridized carbons (Fsp3) is 0. The Morgan fingerprint density at radius 3 is 1.44 bits per heavy atom. The van der Waals surface area contributed by atoms with Gasteiger partial charge in [-0.25, -0.2) is 0 Å². The fourth-order valence-electron chi connectivity index (χ4n) is 11.3. The van der Waals surface area contributed by atoms with Crippen LogP contribution >= 0.6 is 0 Å². The molecule has 4 heteroatoms. The molecule has 0 amide bonds. The van der Waals surface area contributed by atoms with Gasteiger partial charge in [0.25, 0.3) is 0 Å². The maximum Gasteiger partial charge on any atom is 0.137 e. The molecule has 0 spiro atoms. The van der Waals surface area contributed by atoms with Crippen LogP contribution in [0.3, 0.4) is 0 Å². The van der Waals surface area contributed by atoms with Gasteiger partial charge >= 0.3 is 0 Å². The largest absolute Gasteiger partial charge is 0.456 e. The Morgan fingerprint density at radius 1 is 0.234 bits per heavy atom. The molecule has 0 atom stereocenters. The van der Waals surface area contributed by atoms with Crippen LogP contribution in [0.15, 0.2) is 215 Å². The SMILES string of the molecule is c1ccc2c(c1)oc1cc(-n3c4cccc(-c5cccc6oc7ccccc7c56)c4c4c5c6ccccc6n(-c6ccc7c8ccccc8c8ccccc8c7c6)c5ccc43)ccc12. The molecule has 296 valence electrons. The van der Waals surface area contributed by atoms with Crippen molar-refractivity contribution in [2.75, 3.05) is 0 Å². The lowest BCUT2D eigenvalue weighted by Gasteiger charge is -2.14. The van der Waals surface area contributed by atoms with E-state index in [0.29, 0.717) is 0 Å². The molecule has 0 fully saturated rings. The first-order valence-corrected chi connectivity index (χ1v) is 21.9. The molecule has 0 N–H and O–H groups in total. The Hall–Kier alpha value is -8.60. The Morgan fingerprint density at radius 2 is 0.688 bits per heavy atom. The maximum absolute atomic E-state index is 6.52. The highest BCUT2D eigenvalue weighted by Gasteiger charge is 2.25. The van der Waals surface area contributed by atoms with E-state index in [1.165, 1.54) is 59.4 Å². The highest BCUT2D eigenvalue weighted by Crippen LogP contribution is 2.48. The second-order valence-corrected chi connectivity index (χ2v) is 17.1. The van der Waals surface area contributed by atoms with E-state index < -0.39 is 0 Å². The molecule has 0 saturated heterocycles. The highest BCUT2D eigenvalue weighted by atomic mass is 16.3. The number of aromatic nitrogens is 2. The monoisotopic (exact) mass is 814 g/mol. The summed E-state index contributed by atoms with van der Waals surface area (Å²) in [6, 6.07) is 74.9. The highest BCUT2D eigenvalue weighted by molar-refractivity contribution is 6.32. The number of rotatable bonds is 3. The van der Waals surface area contributed by atoms with Gasteiger partial charge in [-0.1, -0.05) is 133 Å². The Balaban J connectivity index is 1.09. The lowest BCUT2D eigenvalue weighted by atomic mass is 9.94. The molecule has 15 aromatic rings. The van der Waals surface area contributed by atoms with Crippen LogP contribution < -0.4 is 0 Å². The van der Waals surface area contributed by atoms with E-state index >= 15 is 0 Å². The van der Waals surface area contributed by atoms with E-state index in [0.717, 1.165) is 82.9 Å². The minimum absolute atomic E-state index is 0.869. The smallest absolute Gasteiger partial charge is 0.137 e. The first-order chi connectivity index (χ1) is 31.8. The van der Waals surface area contributed by atoms with Crippen molar-refractivity contribution in [2.24, 2.45) is 0 Å². The molecule has 0 bridgehead atoms. The van der Waals surface area contributed by atoms with Crippen molar-refractivity contribution in [1.29, 1.82) is 0 Å². The number of furan rings is 2. The summed E-state index contributed by atoms with van der Waals surface area (Å²) in [6.07, 6.45) is 0. The van der Waals surface area contributed by atoms with Crippen molar-refractivity contribution in [3.63, 3.8) is 0 Å². The predicted octanol–water partition coefficient (Wildman–Crippen LogP) is 16.8. The molecule has 11 aromatic carbocycles. The van der Waals surface area contributed by atoms with Crippen LogP contribution in [0.4, 0.5) is 0 Å². The van der Waals surface area contributed by atoms with Crippen molar-refractivity contribution in [3.8, 4) is 22.5 Å². The van der Waals surface area contributed by atoms with Crippen molar-refractivity contribution in [1.82, 2.24) is 9.13 Å². The van der Waals surface area contributed by atoms with E-state index in [1.54, 1.807) is 0 Å². The number of nitrogens with zero attached hydrogens (tertiary/aromatic N) is 2. The average molecular weight is 815 g/mol. The van der Waals surface area contributed by atoms with E-state index in [1.807, 2.05) is 12.1 Å². The minimum Gasteiger partial charge on any atom is -0.456 e. The van der Waals surface area contributed by atoms with E-state index in [2.05, 4.69) is 203 Å². The van der Waals surface area contributed by atoms with E-state index in [4.69, 9.17) is 8.83 Å². The first-order valence-electron chi connectivity index (χ1n) is 21.9. The van der Waals surface area contributed by atoms with Crippen LogP contribution in [0.5, 0.6) is 0 Å². The van der Waals surface area contributed by atoms with Gasteiger partial charge in [0.2, 0.25) is 0 Å². The normalized spacial score (nSPS) is 12.4. The molecular formula is C60H34N2O2. The molecule has 0 aliphatic rings. The number of fused-ring (bicyclic) bond motifs is 19. The third-order valence-corrected chi connectivity index (χ3v) is 13.9. The van der Waals surface area contributed by atoms with Gasteiger partial charge in [-0.3, -0.25) is 0 Å². The Bertz CT molecular complexity index is 4460. The summed E-state index contributed by atoms with van der Waals surface area (Å²) in [7, 11) is 0. The quantitative estimate of drug-likeness (QED) is 0.167. The summed E-state index contributed by atoms with van der Waals surface area (Å²) in [5, 5.41) is 16.9. The topological polar surface area (TPSA) is 36.1 Å². The molecule has 64 heavy (non-hydrogen) atoms. The average Bonchev–Trinajstić information content (AvgIpc) is 4.11. The molecule has 0 saturated carbocycles. The third-order valence-electron chi connectivity index (χ3n) is 13.9. The second kappa shape index (κ2) is 12.5. The van der Waals surface area contributed by atoms with Gasteiger partial charge in [0, 0.05) is 60.5 Å². The van der Waals surface area contributed by atoms with Gasteiger partial charge in [-0.05, 0) is 110 Å². The molecule has 0 aliphatic heterocycles. The molecule has 15 rings (SSSR count). The van der Waals surface area contributed by atoms with Crippen LogP contribution in [0.1, 0.15) is 0 Å². The first kappa shape index (κ1) is 34.0. The third kappa shape index (κ3) is 4.46. The van der Waals surface area contributed by atoms with E-state index in [9.17, 15) is 0 Å². The lowest BCUT2D eigenvalue weighted by Crippen LogP contribution is -1.95. The van der Waals surface area contributed by atoms with Crippen molar-refractivity contribution in [2.45, 2.75) is 0 Å². The number of para-hydroxylation sites is 3. The standard InChI is InChI=1S/C60H34N2O2/c1-2-15-39-37(13-1)38-14-3-4-16-40(38)48-33-35(27-29-41(39)48)61-49-22-8-5-18-46(49)59-51(61)31-32-52-60(59)58-45(44-21-12-26-55-57(44)47-19-7-10-25-54(47)63-55)20-11-23-50(58)62(52)36-28-30-43-42-17-6-9-24-53(42)64-56(43)34-36/h1-34H. The summed E-state index contributed by atoms with van der Waals surface area (Å²) in [5.74, 6) is 0. The van der Waals surface area contributed by atoms with Crippen LogP contribution in [0.25, 0.3) is 142 Å². The molecule has 0 unspecified atom stereocenters. The Kier molecular flexibility index (Phi) is 6.65. The van der Waals surface area contributed by atoms with Gasteiger partial charge in [0.1, 0.15) is 22.3 Å². The van der Waals surface area contributed by atoms with Crippen LogP contribution in [-0.2, 0) is 0 Å². The van der Waals surface area contributed by atoms with Crippen LogP contribution in [-0.4, -0.2) is 9.13 Å². The molecule has 4 nitrogen and oxygen atoms in total. The molecular weight excluding hydrogens is 781 g/mol. The van der Waals surface area contributed by atoms with Gasteiger partial charge in [-0.2, -0.15) is 0 Å². The summed E-state index contributed by atoms with van der Waals surface area (Å²) >= 11 is 0. The number of hydrogen-bond acceptors (Lipinski definition) is 2. The summed E-state index contributed by atoms with van der Waals surface area (Å²) in [5.41, 5.74) is 12.6. The lowest BCUT2D eigenvalue weighted by molar-refractivity contribution is 0.668. The molecule has 4 aromatic heterocycles. The number of benzene rings is 11. The van der Waals surface area contributed by atoms with Gasteiger partial charge < -0.3 is 18.0 Å². The zero-order chi connectivity index (χ0) is 41.6. The van der Waals surface area contributed by atoms with Crippen molar-refractivity contribution < 1.29 is 8.83 Å². The fourth-order valence-corrected chi connectivity index (χ4v) is 11.3. The van der Waals surface area contributed by atoms with E-state index in [-0.39, 0.29) is 0 Å². The van der Waals surface area contributed by atoms with Gasteiger partial charge in [-0.15, -0.1) is 0 Å². The van der Waals surface area contributed by atoms with Crippen LogP contribution in [0, 0.1) is 0 Å². The second-order valence-electron chi connectivity index (χ2n) is 17.1. The molecule has 4 heterocycles. The summed E-state index contributed by atoms with van der Waals surface area (Å²) in [4.78, 5) is 0. The van der Waals surface area contributed by atoms with Crippen LogP contribution in [0.2, 0.25) is 0 Å². The number of hydrogen-bond donors (Lipinski definition) is 0. The van der Waals surface area contributed by atoms with Gasteiger partial charge in [0.05, 0.1) is 22.1 Å². The maximum atomic E-state index is 6.52. The summed E-state index contributed by atoms with van der Waals surface area (Å²) in [6.45, 7) is 0. The zero-order valence-electron chi connectivity index (χ0n) is 34.3. The van der Waals surface area contributed by atoms with Crippen molar-refractivity contribution >= 4 is 120 Å². The summed E-state index contributed by atoms with van der Waals surface area (Å²) < 4.78 is 17.9. The predicted molar refractivity (Wildman–Crippen MR) is 268 cm³/mol. The zero-order valence-corrected chi connectivity index (χ0v) is 34.3. The van der Waals surface area contributed by atoms with Gasteiger partial charge in [0.15, 0.2) is 0 Å². The van der Waals surface area contributed by atoms with Crippen molar-refractivity contribution in [3.05, 3.63) is 206 Å². The molecule has 0 radical (unpaired) electrons.